The van der Waals surface area contributed by atoms with E-state index in [9.17, 15) is 43.2 Å². The highest BCUT2D eigenvalue weighted by Gasteiger charge is 2.31. The lowest BCUT2D eigenvalue weighted by Crippen LogP contribution is -2.30. The standard InChI is InChI=1S/C89H174O17P2/c1-7-10-12-14-16-18-20-22-24-26-28-29-30-32-34-36-38-40-49-55-61-67-73-88(93)105-84(77-99-86(91)71-65-59-53-47-39-37-35-33-31-27-25-23-21-19-17-15-13-11-8-2)79-103-107(95,96)101-75-83(90)76-102-108(97,98)104-80-85(78-100-87(92)72-66-60-54-48-43-41-45-51-57-63-69-81(4)5)106-89(94)74-68-62-56-50-44-42-46-52-58-64-70-82(6)9-3/h81-85,90H,7-80H2,1-6H3,(H,95,96)(H,97,98)/t82?,83-,84-,85-/m1/s1. The Bertz CT molecular complexity index is 2070. The second-order valence-corrected chi connectivity index (χ2v) is 35.6. The van der Waals surface area contributed by atoms with Crippen LogP contribution in [0.15, 0.2) is 0 Å². The summed E-state index contributed by atoms with van der Waals surface area (Å²) in [7, 11) is -9.93. The van der Waals surface area contributed by atoms with Gasteiger partial charge in [0.1, 0.15) is 19.3 Å². The minimum absolute atomic E-state index is 0.106. The van der Waals surface area contributed by atoms with Crippen LogP contribution in [0.4, 0.5) is 0 Å². The summed E-state index contributed by atoms with van der Waals surface area (Å²) in [6.07, 6.45) is 73.7. The van der Waals surface area contributed by atoms with Gasteiger partial charge in [-0.25, -0.2) is 9.13 Å². The summed E-state index contributed by atoms with van der Waals surface area (Å²) < 4.78 is 69.0. The van der Waals surface area contributed by atoms with Crippen molar-refractivity contribution in [2.45, 2.75) is 496 Å². The van der Waals surface area contributed by atoms with Crippen LogP contribution in [-0.2, 0) is 65.4 Å². The van der Waals surface area contributed by atoms with Crippen molar-refractivity contribution in [1.82, 2.24) is 0 Å². The van der Waals surface area contributed by atoms with Gasteiger partial charge in [0.2, 0.25) is 0 Å². The van der Waals surface area contributed by atoms with Crippen LogP contribution in [-0.4, -0.2) is 96.7 Å². The molecule has 108 heavy (non-hydrogen) atoms. The van der Waals surface area contributed by atoms with Gasteiger partial charge in [0.05, 0.1) is 26.4 Å². The molecule has 0 radical (unpaired) electrons. The molecule has 3 unspecified atom stereocenters. The molecule has 17 nitrogen and oxygen atoms in total. The third-order valence-corrected chi connectivity index (χ3v) is 23.2. The smallest absolute Gasteiger partial charge is 0.462 e. The minimum Gasteiger partial charge on any atom is -0.462 e. The highest BCUT2D eigenvalue weighted by molar-refractivity contribution is 7.47. The largest absolute Gasteiger partial charge is 0.472 e. The Hall–Kier alpha value is -1.94. The van der Waals surface area contributed by atoms with Crippen molar-refractivity contribution in [1.29, 1.82) is 0 Å². The zero-order valence-corrected chi connectivity index (χ0v) is 73.0. The van der Waals surface area contributed by atoms with E-state index >= 15 is 0 Å². The van der Waals surface area contributed by atoms with Gasteiger partial charge in [-0.3, -0.25) is 37.3 Å². The predicted octanol–water partition coefficient (Wildman–Crippen LogP) is 27.4. The number of phosphoric ester groups is 2. The molecule has 0 saturated heterocycles. The summed E-state index contributed by atoms with van der Waals surface area (Å²) in [5.74, 6) is -0.538. The molecule has 0 aromatic rings. The van der Waals surface area contributed by atoms with Crippen molar-refractivity contribution in [3.63, 3.8) is 0 Å². The lowest BCUT2D eigenvalue weighted by atomic mass is 9.99. The minimum atomic E-state index is -4.97. The fourth-order valence-corrected chi connectivity index (χ4v) is 15.5. The van der Waals surface area contributed by atoms with Gasteiger partial charge in [-0.05, 0) is 37.5 Å². The highest BCUT2D eigenvalue weighted by atomic mass is 31.2. The van der Waals surface area contributed by atoms with Crippen molar-refractivity contribution in [2.75, 3.05) is 39.6 Å². The Morgan fingerprint density at radius 1 is 0.269 bits per heavy atom. The molecule has 0 aliphatic rings. The molecular formula is C89H174O17P2. The maximum Gasteiger partial charge on any atom is 0.472 e. The van der Waals surface area contributed by atoms with Crippen LogP contribution < -0.4 is 0 Å². The van der Waals surface area contributed by atoms with Crippen molar-refractivity contribution < 1.29 is 80.2 Å². The average molecular weight is 1580 g/mol. The van der Waals surface area contributed by atoms with Crippen LogP contribution in [0.3, 0.4) is 0 Å². The zero-order valence-electron chi connectivity index (χ0n) is 71.2. The van der Waals surface area contributed by atoms with Gasteiger partial charge >= 0.3 is 39.5 Å². The topological polar surface area (TPSA) is 237 Å². The van der Waals surface area contributed by atoms with E-state index in [4.69, 9.17) is 37.0 Å². The number of hydrogen-bond acceptors (Lipinski definition) is 15. The number of aliphatic hydroxyl groups is 1. The molecule has 6 atom stereocenters. The molecule has 0 aromatic carbocycles. The monoisotopic (exact) mass is 1580 g/mol. The number of hydrogen-bond donors (Lipinski definition) is 3. The lowest BCUT2D eigenvalue weighted by Gasteiger charge is -2.21. The number of ether oxygens (including phenoxy) is 4. The van der Waals surface area contributed by atoms with E-state index < -0.39 is 97.5 Å². The van der Waals surface area contributed by atoms with Crippen LogP contribution in [0.1, 0.15) is 478 Å². The van der Waals surface area contributed by atoms with Gasteiger partial charge in [0.25, 0.3) is 0 Å². The van der Waals surface area contributed by atoms with Crippen molar-refractivity contribution in [2.24, 2.45) is 11.8 Å². The summed E-state index contributed by atoms with van der Waals surface area (Å²) in [6, 6.07) is 0. The van der Waals surface area contributed by atoms with E-state index in [1.807, 2.05) is 0 Å². The van der Waals surface area contributed by atoms with E-state index in [2.05, 4.69) is 41.5 Å². The Kier molecular flexibility index (Phi) is 78.8. The molecule has 0 spiro atoms. The Labute approximate surface area is 664 Å². The fraction of sp³-hybridized carbons (Fsp3) is 0.955. The van der Waals surface area contributed by atoms with Gasteiger partial charge in [-0.1, -0.05) is 427 Å². The first-order valence-corrected chi connectivity index (χ1v) is 49.0. The van der Waals surface area contributed by atoms with Crippen LogP contribution in [0.25, 0.3) is 0 Å². The molecule has 0 amide bonds. The second-order valence-electron chi connectivity index (χ2n) is 32.7. The molecule has 19 heteroatoms. The summed E-state index contributed by atoms with van der Waals surface area (Å²) in [5.41, 5.74) is 0. The number of unbranched alkanes of at least 4 members (excludes halogenated alkanes) is 57. The Balaban J connectivity index is 5.24. The first-order valence-electron chi connectivity index (χ1n) is 46.0. The molecule has 0 heterocycles. The van der Waals surface area contributed by atoms with Gasteiger partial charge in [-0.15, -0.1) is 0 Å². The van der Waals surface area contributed by atoms with Crippen LogP contribution in [0, 0.1) is 11.8 Å². The molecule has 0 aliphatic heterocycles. The van der Waals surface area contributed by atoms with Gasteiger partial charge < -0.3 is 33.8 Å². The lowest BCUT2D eigenvalue weighted by molar-refractivity contribution is -0.161. The first kappa shape index (κ1) is 106. The third-order valence-electron chi connectivity index (χ3n) is 21.3. The van der Waals surface area contributed by atoms with Gasteiger partial charge in [0.15, 0.2) is 12.2 Å². The number of carbonyl (C=O) groups excluding carboxylic acids is 4. The zero-order chi connectivity index (χ0) is 79.2. The summed E-state index contributed by atoms with van der Waals surface area (Å²) >= 11 is 0. The van der Waals surface area contributed by atoms with E-state index in [1.54, 1.807) is 0 Å². The van der Waals surface area contributed by atoms with E-state index in [0.29, 0.717) is 25.7 Å². The van der Waals surface area contributed by atoms with E-state index in [-0.39, 0.29) is 25.7 Å². The summed E-state index contributed by atoms with van der Waals surface area (Å²) in [5, 5.41) is 10.7. The number of aliphatic hydroxyl groups excluding tert-OH is 1. The van der Waals surface area contributed by atoms with Crippen molar-refractivity contribution >= 4 is 39.5 Å². The summed E-state index contributed by atoms with van der Waals surface area (Å²) in [4.78, 5) is 73.4. The highest BCUT2D eigenvalue weighted by Crippen LogP contribution is 2.45. The van der Waals surface area contributed by atoms with Crippen molar-refractivity contribution in [3.8, 4) is 0 Å². The summed E-state index contributed by atoms with van der Waals surface area (Å²) in [6.45, 7) is 9.70. The maximum atomic E-state index is 13.2. The number of phosphoric acid groups is 2. The quantitative estimate of drug-likeness (QED) is 0.0222. The molecular weight excluding hydrogens is 1400 g/mol. The van der Waals surface area contributed by atoms with Gasteiger partial charge in [-0.2, -0.15) is 0 Å². The predicted molar refractivity (Wildman–Crippen MR) is 446 cm³/mol. The van der Waals surface area contributed by atoms with Crippen molar-refractivity contribution in [3.05, 3.63) is 0 Å². The molecule has 0 aliphatic carbocycles. The molecule has 0 bridgehead atoms. The molecule has 642 valence electrons. The number of carbonyl (C=O) groups is 4. The van der Waals surface area contributed by atoms with Crippen LogP contribution >= 0.6 is 15.6 Å². The maximum absolute atomic E-state index is 13.2. The Morgan fingerprint density at radius 2 is 0.472 bits per heavy atom. The molecule has 0 aromatic heterocycles. The normalized spacial score (nSPS) is 14.0. The van der Waals surface area contributed by atoms with Gasteiger partial charge in [0, 0.05) is 25.7 Å². The fourth-order valence-electron chi connectivity index (χ4n) is 13.9. The number of rotatable bonds is 88. The molecule has 3 N–H and O–H groups in total. The SMILES string of the molecule is CCCCCCCCCCCCCCCCCCCCCCCCC(=O)O[C@H](COC(=O)CCCCCCCCCCCCCCCCCCCCC)COP(=O)(O)OC[C@@H](O)COP(=O)(O)OC[C@@H](COC(=O)CCCCCCCCCCCCC(C)C)OC(=O)CCCCCCCCCCCCC(C)CC. The Morgan fingerprint density at radius 3 is 0.704 bits per heavy atom. The third kappa shape index (κ3) is 80.7. The second kappa shape index (κ2) is 80.3. The molecule has 0 rings (SSSR count). The average Bonchev–Trinajstić information content (AvgIpc) is 0.898. The van der Waals surface area contributed by atoms with Crippen LogP contribution in [0.2, 0.25) is 0 Å². The molecule has 0 fully saturated rings. The number of esters is 4. The van der Waals surface area contributed by atoms with E-state index in [0.717, 1.165) is 102 Å². The van der Waals surface area contributed by atoms with Crippen LogP contribution in [0.5, 0.6) is 0 Å². The molecule has 0 saturated carbocycles. The first-order chi connectivity index (χ1) is 52.4. The van der Waals surface area contributed by atoms with E-state index in [1.165, 1.54) is 295 Å².